The number of rotatable bonds is 0. The molecule has 0 heteroatoms. The first-order chi connectivity index (χ1) is 7.62. The molecule has 0 saturated heterocycles. The third kappa shape index (κ3) is 0.335. The fourth-order valence-corrected chi connectivity index (χ4v) is 9.62. The van der Waals surface area contributed by atoms with Gasteiger partial charge in [0.05, 0.1) is 0 Å². The van der Waals surface area contributed by atoms with Crippen LogP contribution in [0.1, 0.15) is 40.0 Å². The monoisotopic (exact) mass is 214 g/mol. The maximum atomic E-state index is 2.69. The fraction of sp³-hybridized carbons (Fsp3) is 1.00. The first kappa shape index (κ1) is 8.16. The Kier molecular flexibility index (Phi) is 0.850. The van der Waals surface area contributed by atoms with E-state index in [0.717, 1.165) is 28.1 Å². The van der Waals surface area contributed by atoms with Gasteiger partial charge in [-0.05, 0) is 76.9 Å². The summed E-state index contributed by atoms with van der Waals surface area (Å²) in [5.41, 5.74) is 2.68. The van der Waals surface area contributed by atoms with E-state index in [1.165, 1.54) is 29.6 Å². The van der Waals surface area contributed by atoms with Crippen LogP contribution in [0.25, 0.3) is 0 Å². The van der Waals surface area contributed by atoms with Gasteiger partial charge in [0.2, 0.25) is 0 Å². The highest BCUT2D eigenvalue weighted by atomic mass is 15.1. The van der Waals surface area contributed by atoms with Gasteiger partial charge in [0, 0.05) is 0 Å². The van der Waals surface area contributed by atoms with Crippen molar-refractivity contribution in [2.75, 3.05) is 0 Å². The van der Waals surface area contributed by atoms with Crippen LogP contribution in [0.2, 0.25) is 0 Å². The second-order valence-electron chi connectivity index (χ2n) is 8.52. The number of hydrogen-bond acceptors (Lipinski definition) is 0. The zero-order chi connectivity index (χ0) is 10.7. The second kappa shape index (κ2) is 1.67. The molecular weight excluding hydrogens is 192 g/mol. The van der Waals surface area contributed by atoms with Crippen LogP contribution in [0.4, 0.5) is 0 Å². The maximum absolute atomic E-state index is 2.69. The standard InChI is InChI=1S/C16H22/c1-7-4-11-13-12-6-9-5-10-8(2)16(13,14(7,11)3)15(9,10)12/h7-13H,4-6H2,1-3H3. The molecule has 0 aromatic rings. The van der Waals surface area contributed by atoms with Crippen molar-refractivity contribution in [3.05, 3.63) is 0 Å². The number of hydrogen-bond donors (Lipinski definition) is 0. The molecule has 0 aromatic carbocycles. The Labute approximate surface area is 98.2 Å². The van der Waals surface area contributed by atoms with Gasteiger partial charge in [-0.25, -0.2) is 0 Å². The van der Waals surface area contributed by atoms with Gasteiger partial charge in [-0.15, -0.1) is 0 Å². The molecule has 6 fully saturated rings. The van der Waals surface area contributed by atoms with Gasteiger partial charge in [0.25, 0.3) is 0 Å². The van der Waals surface area contributed by atoms with Crippen molar-refractivity contribution in [1.29, 1.82) is 0 Å². The Bertz CT molecular complexity index is 431. The predicted molar refractivity (Wildman–Crippen MR) is 62.6 cm³/mol. The average Bonchev–Trinajstić information content (AvgIpc) is 2.21. The molecule has 10 atom stereocenters. The lowest BCUT2D eigenvalue weighted by molar-refractivity contribution is -0.606. The molecule has 0 heterocycles. The molecule has 2 spiro atoms. The minimum Gasteiger partial charge on any atom is -0.0619 e. The molecule has 0 N–H and O–H groups in total. The molecule has 0 aromatic heterocycles. The summed E-state index contributed by atoms with van der Waals surface area (Å²) in [7, 11) is 0. The van der Waals surface area contributed by atoms with Crippen LogP contribution < -0.4 is 0 Å². The van der Waals surface area contributed by atoms with Crippen molar-refractivity contribution in [2.45, 2.75) is 40.0 Å². The Morgan fingerprint density at radius 1 is 0.938 bits per heavy atom. The van der Waals surface area contributed by atoms with E-state index >= 15 is 0 Å². The lowest BCUT2D eigenvalue weighted by atomic mass is 8.97. The summed E-state index contributed by atoms with van der Waals surface area (Å²) in [6.45, 7) is 7.87. The lowest BCUT2D eigenvalue weighted by Gasteiger charge is -3.07. The van der Waals surface area contributed by atoms with E-state index in [9.17, 15) is 0 Å². The van der Waals surface area contributed by atoms with Gasteiger partial charge in [0.1, 0.15) is 0 Å². The van der Waals surface area contributed by atoms with Gasteiger partial charge in [0.15, 0.2) is 0 Å². The molecule has 0 radical (unpaired) electrons. The normalized spacial score (nSPS) is 88.3. The van der Waals surface area contributed by atoms with Crippen LogP contribution >= 0.6 is 0 Å². The zero-order valence-electron chi connectivity index (χ0n) is 10.7. The van der Waals surface area contributed by atoms with Crippen LogP contribution in [-0.2, 0) is 0 Å². The molecule has 16 heavy (non-hydrogen) atoms. The Morgan fingerprint density at radius 3 is 2.38 bits per heavy atom. The third-order valence-corrected chi connectivity index (χ3v) is 9.70. The average molecular weight is 214 g/mol. The summed E-state index contributed by atoms with van der Waals surface area (Å²) >= 11 is 0. The van der Waals surface area contributed by atoms with Gasteiger partial charge >= 0.3 is 0 Å². The molecule has 6 rings (SSSR count). The highest BCUT2D eigenvalue weighted by Crippen LogP contribution is 3.07. The third-order valence-electron chi connectivity index (χ3n) is 9.70. The van der Waals surface area contributed by atoms with Gasteiger partial charge < -0.3 is 0 Å². The summed E-state index contributed by atoms with van der Waals surface area (Å²) in [4.78, 5) is 0. The SMILES string of the molecule is CC1CC2C3C4CC5CC6C(C)C3(C12C)C564. The van der Waals surface area contributed by atoms with Crippen molar-refractivity contribution in [1.82, 2.24) is 0 Å². The predicted octanol–water partition coefficient (Wildman–Crippen LogP) is 3.57. The molecule has 0 bridgehead atoms. The second-order valence-corrected chi connectivity index (χ2v) is 8.52. The molecule has 0 amide bonds. The van der Waals surface area contributed by atoms with Crippen molar-refractivity contribution >= 4 is 0 Å². The molecule has 10 unspecified atom stereocenters. The summed E-state index contributed by atoms with van der Waals surface area (Å²) in [6, 6.07) is 0. The van der Waals surface area contributed by atoms with Crippen LogP contribution in [0.5, 0.6) is 0 Å². The smallest absolute Gasteiger partial charge is 0.0111 e. The minimum atomic E-state index is 0.809. The van der Waals surface area contributed by atoms with Crippen LogP contribution in [0.15, 0.2) is 0 Å². The minimum absolute atomic E-state index is 0.809. The molecule has 6 aliphatic carbocycles. The molecule has 86 valence electrons. The fourth-order valence-electron chi connectivity index (χ4n) is 9.62. The summed E-state index contributed by atoms with van der Waals surface area (Å²) in [5.74, 6) is 8.18. The molecule has 6 aliphatic rings. The van der Waals surface area contributed by atoms with Gasteiger partial charge in [-0.2, -0.15) is 0 Å². The van der Waals surface area contributed by atoms with Crippen LogP contribution in [0, 0.1) is 57.7 Å². The van der Waals surface area contributed by atoms with Crippen molar-refractivity contribution in [3.63, 3.8) is 0 Å². The van der Waals surface area contributed by atoms with E-state index in [1.54, 1.807) is 19.3 Å². The largest absolute Gasteiger partial charge is 0.0619 e. The molecule has 0 nitrogen and oxygen atoms in total. The van der Waals surface area contributed by atoms with E-state index in [2.05, 4.69) is 20.8 Å². The van der Waals surface area contributed by atoms with Crippen LogP contribution in [-0.4, -0.2) is 0 Å². The maximum Gasteiger partial charge on any atom is -0.0111 e. The highest BCUT2D eigenvalue weighted by Gasteiger charge is 3.03. The van der Waals surface area contributed by atoms with Crippen LogP contribution in [0.3, 0.4) is 0 Å². The topological polar surface area (TPSA) is 0 Å². The van der Waals surface area contributed by atoms with E-state index in [4.69, 9.17) is 0 Å². The Hall–Kier alpha value is 0. The van der Waals surface area contributed by atoms with Crippen molar-refractivity contribution in [2.24, 2.45) is 57.7 Å². The first-order valence-corrected chi connectivity index (χ1v) is 7.62. The first-order valence-electron chi connectivity index (χ1n) is 7.62. The van der Waals surface area contributed by atoms with Crippen molar-refractivity contribution in [3.8, 4) is 0 Å². The van der Waals surface area contributed by atoms with E-state index in [1.807, 2.05) is 0 Å². The van der Waals surface area contributed by atoms with E-state index < -0.39 is 0 Å². The van der Waals surface area contributed by atoms with Crippen molar-refractivity contribution < 1.29 is 0 Å². The lowest BCUT2D eigenvalue weighted by Crippen LogP contribution is -3.03. The summed E-state index contributed by atoms with van der Waals surface area (Å²) in [6.07, 6.45) is 4.86. The van der Waals surface area contributed by atoms with E-state index in [0.29, 0.717) is 0 Å². The van der Waals surface area contributed by atoms with E-state index in [-0.39, 0.29) is 0 Å². The van der Waals surface area contributed by atoms with Gasteiger partial charge in [-0.1, -0.05) is 20.8 Å². The Balaban J connectivity index is 1.59. The quantitative estimate of drug-likeness (QED) is 0.578. The summed E-state index contributed by atoms with van der Waals surface area (Å²) in [5, 5.41) is 0. The molecule has 0 aliphatic heterocycles. The highest BCUT2D eigenvalue weighted by molar-refractivity contribution is 5.50. The Morgan fingerprint density at radius 2 is 1.69 bits per heavy atom. The molecule has 6 saturated carbocycles. The zero-order valence-corrected chi connectivity index (χ0v) is 10.7. The summed E-state index contributed by atoms with van der Waals surface area (Å²) < 4.78 is 0. The number of fused-ring (bicyclic) bond motifs is 3. The molecular formula is C16H22. The van der Waals surface area contributed by atoms with Gasteiger partial charge in [-0.3, -0.25) is 0 Å².